The summed E-state index contributed by atoms with van der Waals surface area (Å²) in [5.74, 6) is -2.73. The molecule has 0 aromatic rings. The lowest BCUT2D eigenvalue weighted by molar-refractivity contribution is 0.0649. The lowest BCUT2D eigenvalue weighted by atomic mass is 10.2. The van der Waals surface area contributed by atoms with E-state index in [4.69, 9.17) is 0 Å². The highest BCUT2D eigenvalue weighted by Gasteiger charge is 2.23. The molecule has 0 aromatic carbocycles. The molecule has 3 heteroatoms. The smallest absolute Gasteiger partial charge is 0.202 e. The van der Waals surface area contributed by atoms with Gasteiger partial charge in [-0.05, 0) is 0 Å². The van der Waals surface area contributed by atoms with Crippen LogP contribution in [0.3, 0.4) is 0 Å². The van der Waals surface area contributed by atoms with Gasteiger partial charge in [-0.3, -0.25) is 0 Å². The molecule has 0 unspecified atom stereocenters. The fourth-order valence-electron chi connectivity index (χ4n) is 0.117. The zero-order valence-corrected chi connectivity index (χ0v) is 6.13. The van der Waals surface area contributed by atoms with Crippen molar-refractivity contribution in [2.75, 3.05) is 5.33 Å². The molecule has 0 saturated heterocycles. The maximum atomic E-state index is 12.0. The molecule has 0 nitrogen and oxygen atoms in total. The van der Waals surface area contributed by atoms with Gasteiger partial charge < -0.3 is 0 Å². The minimum atomic E-state index is -2.73. The summed E-state index contributed by atoms with van der Waals surface area (Å²) < 4.78 is 24.0. The molecule has 0 aliphatic rings. The fourth-order valence-corrected chi connectivity index (χ4v) is 0.610. The predicted octanol–water partition coefficient (Wildman–Crippen LogP) is 2.59. The molecule has 0 aliphatic heterocycles. The molecule has 0 radical (unpaired) electrons. The Morgan fingerprint density at radius 2 is 2.12 bits per heavy atom. The topological polar surface area (TPSA) is 0 Å². The minimum Gasteiger partial charge on any atom is -0.202 e. The Morgan fingerprint density at radius 3 is 2.12 bits per heavy atom. The van der Waals surface area contributed by atoms with Crippen molar-refractivity contribution in [2.45, 2.75) is 12.8 Å². The van der Waals surface area contributed by atoms with Crippen molar-refractivity contribution < 1.29 is 8.78 Å². The molecule has 0 rings (SSSR count). The first-order chi connectivity index (χ1) is 3.48. The number of rotatable bonds is 2. The Kier molecular flexibility index (Phi) is 2.60. The quantitative estimate of drug-likeness (QED) is 0.458. The summed E-state index contributed by atoms with van der Waals surface area (Å²) in [5.41, 5.74) is -0.0856. The average Bonchev–Trinajstić information content (AvgIpc) is 1.62. The van der Waals surface area contributed by atoms with E-state index in [0.717, 1.165) is 6.92 Å². The number of halogens is 3. The van der Waals surface area contributed by atoms with Crippen LogP contribution in [0, 0.1) is 0 Å². The van der Waals surface area contributed by atoms with Gasteiger partial charge in [-0.25, -0.2) is 8.78 Å². The van der Waals surface area contributed by atoms with Gasteiger partial charge in [0.15, 0.2) is 0 Å². The van der Waals surface area contributed by atoms with E-state index in [-0.39, 0.29) is 10.9 Å². The molecule has 0 saturated carbocycles. The molecule has 0 aliphatic carbocycles. The molecule has 0 aromatic heterocycles. The van der Waals surface area contributed by atoms with Crippen LogP contribution < -0.4 is 0 Å². The van der Waals surface area contributed by atoms with Gasteiger partial charge >= 0.3 is 0 Å². The standard InChI is InChI=1S/C5H7BrF2/c1-4(3-6)5(2,7)8/h1,3H2,2H3. The van der Waals surface area contributed by atoms with Gasteiger partial charge in [0.25, 0.3) is 5.92 Å². The number of hydrogen-bond donors (Lipinski definition) is 0. The first-order valence-electron chi connectivity index (χ1n) is 2.10. The second-order valence-electron chi connectivity index (χ2n) is 1.63. The van der Waals surface area contributed by atoms with Crippen LogP contribution in [0.25, 0.3) is 0 Å². The van der Waals surface area contributed by atoms with Gasteiger partial charge in [0.1, 0.15) is 0 Å². The van der Waals surface area contributed by atoms with Gasteiger partial charge in [0.05, 0.1) is 0 Å². The molecular weight excluding hydrogens is 178 g/mol. The summed E-state index contributed by atoms with van der Waals surface area (Å²) >= 11 is 2.87. The summed E-state index contributed by atoms with van der Waals surface area (Å²) in [7, 11) is 0. The Hall–Kier alpha value is 0.0800. The minimum absolute atomic E-state index is 0.0856. The molecule has 48 valence electrons. The van der Waals surface area contributed by atoms with Crippen molar-refractivity contribution in [3.05, 3.63) is 12.2 Å². The van der Waals surface area contributed by atoms with Crippen LogP contribution in [0.1, 0.15) is 6.92 Å². The van der Waals surface area contributed by atoms with E-state index in [2.05, 4.69) is 22.5 Å². The zero-order chi connectivity index (χ0) is 6.78. The van der Waals surface area contributed by atoms with Crippen molar-refractivity contribution in [3.63, 3.8) is 0 Å². The molecule has 0 atom stereocenters. The summed E-state index contributed by atoms with van der Waals surface area (Å²) in [6.45, 7) is 3.98. The Balaban J connectivity index is 3.82. The third-order valence-corrected chi connectivity index (χ3v) is 1.46. The zero-order valence-electron chi connectivity index (χ0n) is 4.55. The second-order valence-corrected chi connectivity index (χ2v) is 2.19. The van der Waals surface area contributed by atoms with Gasteiger partial charge in [0, 0.05) is 17.8 Å². The van der Waals surface area contributed by atoms with E-state index in [0.29, 0.717) is 0 Å². The van der Waals surface area contributed by atoms with Crippen molar-refractivity contribution in [1.82, 2.24) is 0 Å². The monoisotopic (exact) mass is 184 g/mol. The van der Waals surface area contributed by atoms with Gasteiger partial charge in [-0.1, -0.05) is 22.5 Å². The second kappa shape index (κ2) is 2.58. The number of hydrogen-bond acceptors (Lipinski definition) is 0. The summed E-state index contributed by atoms with van der Waals surface area (Å²) in [4.78, 5) is 0. The first kappa shape index (κ1) is 8.08. The van der Waals surface area contributed by atoms with Crippen LogP contribution in [-0.2, 0) is 0 Å². The first-order valence-corrected chi connectivity index (χ1v) is 3.22. The van der Waals surface area contributed by atoms with Crippen LogP contribution in [-0.4, -0.2) is 11.3 Å². The molecule has 0 N–H and O–H groups in total. The molecule has 0 spiro atoms. The largest absolute Gasteiger partial charge is 0.267 e. The average molecular weight is 185 g/mol. The molecule has 0 bridgehead atoms. The summed E-state index contributed by atoms with van der Waals surface area (Å²) in [5, 5.41) is 0.163. The van der Waals surface area contributed by atoms with E-state index in [9.17, 15) is 8.78 Å². The SMILES string of the molecule is C=C(CBr)C(C)(F)F. The van der Waals surface area contributed by atoms with E-state index in [1.807, 2.05) is 0 Å². The van der Waals surface area contributed by atoms with Crippen LogP contribution in [0.5, 0.6) is 0 Å². The molecule has 8 heavy (non-hydrogen) atoms. The highest BCUT2D eigenvalue weighted by Crippen LogP contribution is 2.22. The highest BCUT2D eigenvalue weighted by molar-refractivity contribution is 9.09. The lowest BCUT2D eigenvalue weighted by Crippen LogP contribution is -2.13. The predicted molar refractivity (Wildman–Crippen MR) is 33.6 cm³/mol. The Bertz CT molecular complexity index is 93.1. The van der Waals surface area contributed by atoms with Crippen molar-refractivity contribution in [2.24, 2.45) is 0 Å². The number of alkyl halides is 3. The maximum absolute atomic E-state index is 12.0. The number of allylic oxidation sites excluding steroid dienone is 1. The van der Waals surface area contributed by atoms with Crippen LogP contribution in [0.2, 0.25) is 0 Å². The Morgan fingerprint density at radius 1 is 1.75 bits per heavy atom. The Labute approximate surface area is 55.7 Å². The molecule has 0 amide bonds. The third kappa shape index (κ3) is 2.40. The summed E-state index contributed by atoms with van der Waals surface area (Å²) in [6.07, 6.45) is 0. The van der Waals surface area contributed by atoms with Crippen LogP contribution in [0.15, 0.2) is 12.2 Å². The third-order valence-electron chi connectivity index (χ3n) is 0.782. The van der Waals surface area contributed by atoms with E-state index < -0.39 is 5.92 Å². The normalized spacial score (nSPS) is 11.5. The molecule has 0 fully saturated rings. The highest BCUT2D eigenvalue weighted by atomic mass is 79.9. The van der Waals surface area contributed by atoms with E-state index in [1.54, 1.807) is 0 Å². The van der Waals surface area contributed by atoms with Crippen molar-refractivity contribution in [3.8, 4) is 0 Å². The van der Waals surface area contributed by atoms with Gasteiger partial charge in [0.2, 0.25) is 0 Å². The molecular formula is C5H7BrF2. The van der Waals surface area contributed by atoms with Crippen LogP contribution >= 0.6 is 15.9 Å². The van der Waals surface area contributed by atoms with Gasteiger partial charge in [-0.2, -0.15) is 0 Å². The fraction of sp³-hybridized carbons (Fsp3) is 0.600. The van der Waals surface area contributed by atoms with E-state index >= 15 is 0 Å². The summed E-state index contributed by atoms with van der Waals surface area (Å²) in [6, 6.07) is 0. The maximum Gasteiger partial charge on any atom is 0.267 e. The lowest BCUT2D eigenvalue weighted by Gasteiger charge is -2.09. The van der Waals surface area contributed by atoms with Crippen molar-refractivity contribution >= 4 is 15.9 Å². The van der Waals surface area contributed by atoms with E-state index in [1.165, 1.54) is 0 Å². The van der Waals surface area contributed by atoms with Crippen molar-refractivity contribution in [1.29, 1.82) is 0 Å². The van der Waals surface area contributed by atoms with Crippen LogP contribution in [0.4, 0.5) is 8.78 Å². The van der Waals surface area contributed by atoms with Gasteiger partial charge in [-0.15, -0.1) is 0 Å². The molecule has 0 heterocycles.